The Hall–Kier alpha value is -4.16. The molecule has 0 aliphatic carbocycles. The number of aliphatic hydroxyl groups is 1. The molecule has 0 spiro atoms. The number of carbonyl (C=O) groups excluding carboxylic acids is 1. The number of phenolic OH excluding ortho intramolecular Hbond substituents is 2. The fourth-order valence-corrected chi connectivity index (χ4v) is 4.92. The van der Waals surface area contributed by atoms with Gasteiger partial charge in [0, 0.05) is 5.56 Å². The van der Waals surface area contributed by atoms with Crippen molar-refractivity contribution in [2.45, 2.75) is 25.0 Å². The summed E-state index contributed by atoms with van der Waals surface area (Å²) in [7, 11) is 0. The summed E-state index contributed by atoms with van der Waals surface area (Å²) in [6.45, 7) is 0. The van der Waals surface area contributed by atoms with E-state index in [2.05, 4.69) is 0 Å². The number of amides is 1. The third-order valence-corrected chi connectivity index (χ3v) is 6.80. The second kappa shape index (κ2) is 9.84. The van der Waals surface area contributed by atoms with Crippen LogP contribution < -0.4 is 4.90 Å². The number of hydrogen-bond acceptors (Lipinski definition) is 4. The number of β-lactam (4-membered cyclic amide) rings is 1. The summed E-state index contributed by atoms with van der Waals surface area (Å²) in [4.78, 5) is 14.7. The molecule has 3 N–H and O–H groups in total. The van der Waals surface area contributed by atoms with Crippen molar-refractivity contribution < 1.29 is 24.5 Å². The van der Waals surface area contributed by atoms with Crippen LogP contribution in [-0.2, 0) is 4.79 Å². The van der Waals surface area contributed by atoms with Crippen LogP contribution in [0.15, 0.2) is 97.1 Å². The van der Waals surface area contributed by atoms with Gasteiger partial charge in [-0.05, 0) is 59.9 Å². The van der Waals surface area contributed by atoms with Gasteiger partial charge in [-0.2, -0.15) is 0 Å². The molecule has 0 aromatic heterocycles. The van der Waals surface area contributed by atoms with Crippen LogP contribution in [0.4, 0.5) is 10.1 Å². The first-order valence-corrected chi connectivity index (χ1v) is 11.9. The zero-order valence-corrected chi connectivity index (χ0v) is 19.5. The van der Waals surface area contributed by atoms with Gasteiger partial charge in [-0.25, -0.2) is 4.39 Å². The van der Waals surface area contributed by atoms with E-state index < -0.39 is 23.9 Å². The van der Waals surface area contributed by atoms with Gasteiger partial charge in [0.25, 0.3) is 0 Å². The largest absolute Gasteiger partial charge is 0.508 e. The molecule has 4 aromatic carbocycles. The number of hydrogen-bond donors (Lipinski definition) is 3. The number of nitrogens with zero attached hydrogens (tertiary/aromatic N) is 1. The fourth-order valence-electron chi connectivity index (χ4n) is 4.92. The first kappa shape index (κ1) is 23.6. The van der Waals surface area contributed by atoms with Crippen molar-refractivity contribution in [2.75, 3.05) is 4.90 Å². The van der Waals surface area contributed by atoms with E-state index in [0.717, 1.165) is 11.1 Å². The van der Waals surface area contributed by atoms with Crippen LogP contribution in [-0.4, -0.2) is 21.2 Å². The molecule has 1 aliphatic heterocycles. The molecule has 1 aliphatic rings. The lowest BCUT2D eigenvalue weighted by Gasteiger charge is -2.48. The monoisotopic (exact) mass is 483 g/mol. The average Bonchev–Trinajstić information content (AvgIpc) is 2.89. The van der Waals surface area contributed by atoms with Crippen LogP contribution in [0.1, 0.15) is 36.1 Å². The predicted molar refractivity (Wildman–Crippen MR) is 136 cm³/mol. The maximum absolute atomic E-state index is 14.7. The number of aromatic hydroxyl groups is 2. The van der Waals surface area contributed by atoms with E-state index in [1.54, 1.807) is 54.6 Å². The topological polar surface area (TPSA) is 81.0 Å². The highest BCUT2D eigenvalue weighted by atomic mass is 19.1. The lowest BCUT2D eigenvalue weighted by atomic mass is 9.78. The number of rotatable bonds is 7. The molecule has 0 unspecified atom stereocenters. The number of halogens is 1. The van der Waals surface area contributed by atoms with Crippen LogP contribution in [0.2, 0.25) is 0 Å². The Morgan fingerprint density at radius 2 is 1.56 bits per heavy atom. The molecule has 1 heterocycles. The Morgan fingerprint density at radius 1 is 0.861 bits per heavy atom. The zero-order valence-electron chi connectivity index (χ0n) is 19.5. The molecule has 5 nitrogen and oxygen atoms in total. The zero-order chi connectivity index (χ0) is 25.2. The number of benzene rings is 4. The van der Waals surface area contributed by atoms with E-state index in [4.69, 9.17) is 0 Å². The van der Waals surface area contributed by atoms with Crippen LogP contribution in [0.25, 0.3) is 11.1 Å². The Labute approximate surface area is 208 Å². The van der Waals surface area contributed by atoms with Crippen molar-refractivity contribution in [1.82, 2.24) is 0 Å². The minimum absolute atomic E-state index is 0.0223. The smallest absolute Gasteiger partial charge is 0.233 e. The fraction of sp³-hybridized carbons (Fsp3) is 0.167. The second-order valence-electron chi connectivity index (χ2n) is 9.04. The van der Waals surface area contributed by atoms with Crippen molar-refractivity contribution in [3.63, 3.8) is 0 Å². The standard InChI is InChI=1S/C30H26FNO4/c31-25-8-4-5-9-26(25)32-29(24(30(32)36)16-17-27(34)20-6-2-1-3-7-20)21-12-15-23(28(35)18-21)19-10-13-22(33)14-11-19/h1-15,18,24,27,29,33-35H,16-17H2/t24-,27+,29-/m1/s1. The third-order valence-electron chi connectivity index (χ3n) is 6.80. The number of anilines is 1. The molecule has 5 rings (SSSR count). The highest BCUT2D eigenvalue weighted by molar-refractivity contribution is 6.03. The minimum Gasteiger partial charge on any atom is -0.508 e. The number of phenols is 2. The summed E-state index contributed by atoms with van der Waals surface area (Å²) in [5, 5.41) is 31.0. The van der Waals surface area contributed by atoms with Gasteiger partial charge in [-0.3, -0.25) is 4.79 Å². The number of aliphatic hydroxyl groups excluding tert-OH is 1. The van der Waals surface area contributed by atoms with Gasteiger partial charge in [-0.15, -0.1) is 0 Å². The molecular formula is C30H26FNO4. The molecular weight excluding hydrogens is 457 g/mol. The quantitative estimate of drug-likeness (QED) is 0.277. The SMILES string of the molecule is O=C1[C@H](CC[C@H](O)c2ccccc2)[C@@H](c2ccc(-c3ccc(O)cc3)c(O)c2)N1c1ccccc1F. The van der Waals surface area contributed by atoms with Crippen molar-refractivity contribution in [3.8, 4) is 22.6 Å². The van der Waals surface area contributed by atoms with Crippen LogP contribution in [0.5, 0.6) is 11.5 Å². The molecule has 0 bridgehead atoms. The maximum atomic E-state index is 14.7. The molecule has 0 radical (unpaired) electrons. The summed E-state index contributed by atoms with van der Waals surface area (Å²) in [6, 6.07) is 26.6. The molecule has 3 atom stereocenters. The highest BCUT2D eigenvalue weighted by Gasteiger charge is 2.49. The molecule has 6 heteroatoms. The lowest BCUT2D eigenvalue weighted by Crippen LogP contribution is -2.55. The summed E-state index contributed by atoms with van der Waals surface area (Å²) < 4.78 is 14.7. The van der Waals surface area contributed by atoms with Gasteiger partial charge in [0.15, 0.2) is 0 Å². The molecule has 1 fully saturated rings. The number of carbonyl (C=O) groups is 1. The summed E-state index contributed by atoms with van der Waals surface area (Å²) in [5.74, 6) is -1.03. The van der Waals surface area contributed by atoms with Crippen LogP contribution >= 0.6 is 0 Å². The predicted octanol–water partition coefficient (Wildman–Crippen LogP) is 6.12. The van der Waals surface area contributed by atoms with Gasteiger partial charge >= 0.3 is 0 Å². The van der Waals surface area contributed by atoms with Gasteiger partial charge in [0.05, 0.1) is 23.8 Å². The van der Waals surface area contributed by atoms with Gasteiger partial charge in [0.2, 0.25) is 5.91 Å². The van der Waals surface area contributed by atoms with Crippen molar-refractivity contribution >= 4 is 11.6 Å². The molecule has 1 amide bonds. The lowest BCUT2D eigenvalue weighted by molar-refractivity contribution is -0.131. The first-order chi connectivity index (χ1) is 17.4. The molecule has 36 heavy (non-hydrogen) atoms. The van der Waals surface area contributed by atoms with Crippen LogP contribution in [0, 0.1) is 11.7 Å². The maximum Gasteiger partial charge on any atom is 0.233 e. The van der Waals surface area contributed by atoms with Gasteiger partial charge in [-0.1, -0.05) is 66.7 Å². The van der Waals surface area contributed by atoms with E-state index >= 15 is 0 Å². The molecule has 182 valence electrons. The van der Waals surface area contributed by atoms with E-state index in [1.165, 1.54) is 11.0 Å². The molecule has 4 aromatic rings. The highest BCUT2D eigenvalue weighted by Crippen LogP contribution is 2.48. The Morgan fingerprint density at radius 3 is 2.25 bits per heavy atom. The average molecular weight is 484 g/mol. The van der Waals surface area contributed by atoms with Crippen molar-refractivity contribution in [1.29, 1.82) is 0 Å². The minimum atomic E-state index is -0.715. The summed E-state index contributed by atoms with van der Waals surface area (Å²) >= 11 is 0. The molecule has 0 saturated carbocycles. The normalized spacial score (nSPS) is 18.1. The van der Waals surface area contributed by atoms with E-state index in [-0.39, 0.29) is 23.1 Å². The van der Waals surface area contributed by atoms with Crippen LogP contribution in [0.3, 0.4) is 0 Å². The van der Waals surface area contributed by atoms with Gasteiger partial charge < -0.3 is 20.2 Å². The third kappa shape index (κ3) is 4.43. The van der Waals surface area contributed by atoms with E-state index in [0.29, 0.717) is 24.0 Å². The second-order valence-corrected chi connectivity index (χ2v) is 9.04. The van der Waals surface area contributed by atoms with E-state index in [9.17, 15) is 24.5 Å². The first-order valence-electron chi connectivity index (χ1n) is 11.9. The van der Waals surface area contributed by atoms with Crippen molar-refractivity contribution in [3.05, 3.63) is 114 Å². The van der Waals surface area contributed by atoms with E-state index in [1.807, 2.05) is 36.4 Å². The number of para-hydroxylation sites is 1. The summed E-state index contributed by atoms with van der Waals surface area (Å²) in [6.07, 6.45) is 0.0670. The Bertz CT molecular complexity index is 1370. The van der Waals surface area contributed by atoms with Crippen molar-refractivity contribution in [2.24, 2.45) is 5.92 Å². The Balaban J connectivity index is 1.45. The Kier molecular flexibility index (Phi) is 6.44. The molecule has 1 saturated heterocycles. The van der Waals surface area contributed by atoms with Gasteiger partial charge in [0.1, 0.15) is 17.3 Å². The summed E-state index contributed by atoms with van der Waals surface area (Å²) in [5.41, 5.74) is 2.96.